The molecule has 0 atom stereocenters. The lowest BCUT2D eigenvalue weighted by atomic mass is 10.5. The van der Waals surface area contributed by atoms with Gasteiger partial charge in [0, 0.05) is 6.08 Å². The van der Waals surface area contributed by atoms with Crippen molar-refractivity contribution in [3.8, 4) is 0 Å². The molecule has 0 saturated heterocycles. The molecule has 0 radical (unpaired) electrons. The fraction of sp³-hybridized carbons (Fsp3) is 0.571. The van der Waals surface area contributed by atoms with Crippen LogP contribution >= 0.6 is 23.2 Å². The Bertz CT molecular complexity index is 150. The molecule has 70 valence electrons. The first-order valence-corrected chi connectivity index (χ1v) is 6.43. The van der Waals surface area contributed by atoms with E-state index in [2.05, 4.69) is 6.58 Å². The highest BCUT2D eigenvalue weighted by atomic mass is 35.5. The van der Waals surface area contributed by atoms with E-state index in [9.17, 15) is 4.79 Å². The molecule has 0 aromatic rings. The Morgan fingerprint density at radius 3 is 2.83 bits per heavy atom. The summed E-state index contributed by atoms with van der Waals surface area (Å²) in [5.74, 6) is -0.370. The van der Waals surface area contributed by atoms with Gasteiger partial charge < -0.3 is 4.74 Å². The fourth-order valence-corrected chi connectivity index (χ4v) is 2.36. The molecule has 0 N–H and O–H groups in total. The molecule has 0 saturated carbocycles. The number of hydrogen-bond acceptors (Lipinski definition) is 2. The summed E-state index contributed by atoms with van der Waals surface area (Å²) >= 11 is 11.1. The molecular formula is C7H12Cl2O2Si. The maximum Gasteiger partial charge on any atom is 0.330 e. The maximum atomic E-state index is 10.5. The van der Waals surface area contributed by atoms with Gasteiger partial charge in [0.15, 0.2) is 0 Å². The zero-order valence-corrected chi connectivity index (χ0v) is 9.69. The van der Waals surface area contributed by atoms with Crippen LogP contribution in [-0.2, 0) is 9.53 Å². The van der Waals surface area contributed by atoms with Crippen LogP contribution in [-0.4, -0.2) is 26.6 Å². The molecule has 0 aliphatic heterocycles. The van der Waals surface area contributed by atoms with Gasteiger partial charge in [-0.1, -0.05) is 12.6 Å². The maximum absolute atomic E-state index is 10.5. The van der Waals surface area contributed by atoms with Gasteiger partial charge in [0.05, 0.1) is 20.6 Å². The van der Waals surface area contributed by atoms with Crippen LogP contribution in [0.4, 0.5) is 0 Å². The van der Waals surface area contributed by atoms with Crippen molar-refractivity contribution in [1.29, 1.82) is 0 Å². The molecule has 0 spiro atoms. The number of alkyl halides is 2. The molecule has 0 amide bonds. The summed E-state index contributed by atoms with van der Waals surface area (Å²) in [4.78, 5) is 10.5. The summed E-state index contributed by atoms with van der Waals surface area (Å²) < 4.78 is 4.57. The van der Waals surface area contributed by atoms with Gasteiger partial charge in [0.1, 0.15) is 0 Å². The molecule has 0 bridgehead atoms. The first kappa shape index (κ1) is 12.0. The number of ether oxygens (including phenoxy) is 1. The van der Waals surface area contributed by atoms with E-state index in [-0.39, 0.29) is 10.4 Å². The number of rotatable bonds is 6. The SMILES string of the molecule is C=CC(=O)OCCC[SiH2]C(Cl)Cl. The first-order valence-electron chi connectivity index (χ1n) is 3.74. The van der Waals surface area contributed by atoms with Gasteiger partial charge in [0.2, 0.25) is 0 Å². The standard InChI is InChI=1S/C7H12Cl2O2Si/c1-2-6(10)11-4-3-5-12-7(8)9/h2,7H,1,3-5,12H2. The third-order valence-corrected chi connectivity index (χ3v) is 3.88. The molecule has 0 fully saturated rings. The minimum Gasteiger partial charge on any atom is -0.463 e. The average molecular weight is 227 g/mol. The number of halogens is 2. The second-order valence-electron chi connectivity index (χ2n) is 2.26. The van der Waals surface area contributed by atoms with E-state index in [4.69, 9.17) is 27.9 Å². The van der Waals surface area contributed by atoms with Gasteiger partial charge in [-0.3, -0.25) is 0 Å². The van der Waals surface area contributed by atoms with Crippen molar-refractivity contribution in [3.63, 3.8) is 0 Å². The zero-order chi connectivity index (χ0) is 9.40. The minimum atomic E-state index is -0.391. The van der Waals surface area contributed by atoms with E-state index in [1.54, 1.807) is 0 Å². The van der Waals surface area contributed by atoms with Crippen LogP contribution in [0.2, 0.25) is 6.04 Å². The lowest BCUT2D eigenvalue weighted by Gasteiger charge is -2.01. The van der Waals surface area contributed by atoms with Crippen LogP contribution in [0.15, 0.2) is 12.7 Å². The summed E-state index contributed by atoms with van der Waals surface area (Å²) in [6, 6.07) is 1.00. The average Bonchev–Trinajstić information content (AvgIpc) is 2.03. The Hall–Kier alpha value is 0.00688. The zero-order valence-electron chi connectivity index (χ0n) is 6.76. The van der Waals surface area contributed by atoms with Crippen molar-refractivity contribution in [2.24, 2.45) is 0 Å². The second kappa shape index (κ2) is 7.65. The van der Waals surface area contributed by atoms with Crippen molar-refractivity contribution in [2.45, 2.75) is 16.9 Å². The van der Waals surface area contributed by atoms with Crippen molar-refractivity contribution in [3.05, 3.63) is 12.7 Å². The quantitative estimate of drug-likeness (QED) is 0.226. The molecule has 0 aromatic heterocycles. The first-order chi connectivity index (χ1) is 5.66. The van der Waals surface area contributed by atoms with E-state index >= 15 is 0 Å². The minimum absolute atomic E-state index is 0.180. The van der Waals surface area contributed by atoms with Crippen LogP contribution in [0.1, 0.15) is 6.42 Å². The Balaban J connectivity index is 3.11. The highest BCUT2D eigenvalue weighted by Crippen LogP contribution is 2.03. The van der Waals surface area contributed by atoms with Crippen molar-refractivity contribution in [1.82, 2.24) is 0 Å². The molecule has 0 unspecified atom stereocenters. The third kappa shape index (κ3) is 8.11. The van der Waals surface area contributed by atoms with E-state index in [0.29, 0.717) is 6.61 Å². The molecule has 0 heterocycles. The van der Waals surface area contributed by atoms with E-state index in [1.807, 2.05) is 0 Å². The summed E-state index contributed by atoms with van der Waals surface area (Å²) in [7, 11) is -0.391. The summed E-state index contributed by atoms with van der Waals surface area (Å²) in [5.41, 5.74) is 0. The number of carbonyl (C=O) groups is 1. The normalized spacial score (nSPS) is 10.9. The van der Waals surface area contributed by atoms with Crippen LogP contribution in [0.25, 0.3) is 0 Å². The molecule has 0 aliphatic carbocycles. The smallest absolute Gasteiger partial charge is 0.330 e. The molecule has 12 heavy (non-hydrogen) atoms. The largest absolute Gasteiger partial charge is 0.463 e. The van der Waals surface area contributed by atoms with E-state index in [0.717, 1.165) is 18.5 Å². The van der Waals surface area contributed by atoms with Crippen molar-refractivity contribution in [2.75, 3.05) is 6.61 Å². The lowest BCUT2D eigenvalue weighted by Crippen LogP contribution is -2.05. The van der Waals surface area contributed by atoms with Gasteiger partial charge in [-0.05, 0) is 6.42 Å². The van der Waals surface area contributed by atoms with E-state index < -0.39 is 9.52 Å². The lowest BCUT2D eigenvalue weighted by molar-refractivity contribution is -0.137. The third-order valence-electron chi connectivity index (χ3n) is 1.23. The molecular weight excluding hydrogens is 215 g/mol. The number of hydrogen-bond donors (Lipinski definition) is 0. The highest BCUT2D eigenvalue weighted by molar-refractivity contribution is 6.68. The predicted octanol–water partition coefficient (Wildman–Crippen LogP) is 1.45. The topological polar surface area (TPSA) is 26.3 Å². The van der Waals surface area contributed by atoms with Crippen molar-refractivity contribution >= 4 is 38.7 Å². The van der Waals surface area contributed by atoms with Crippen LogP contribution < -0.4 is 0 Å². The summed E-state index contributed by atoms with van der Waals surface area (Å²) in [5, 5.41) is 0. The molecule has 5 heteroatoms. The van der Waals surface area contributed by atoms with Gasteiger partial charge in [-0.25, -0.2) is 4.79 Å². The molecule has 0 aliphatic rings. The Kier molecular flexibility index (Phi) is 7.65. The van der Waals surface area contributed by atoms with E-state index in [1.165, 1.54) is 0 Å². The van der Waals surface area contributed by atoms with Crippen LogP contribution in [0.5, 0.6) is 0 Å². The monoisotopic (exact) mass is 226 g/mol. The van der Waals surface area contributed by atoms with Crippen LogP contribution in [0, 0.1) is 0 Å². The summed E-state index contributed by atoms with van der Waals surface area (Å²) in [6.45, 7) is 3.72. The predicted molar refractivity (Wildman–Crippen MR) is 54.6 cm³/mol. The Labute approximate surface area is 84.7 Å². The molecule has 0 rings (SSSR count). The Morgan fingerprint density at radius 1 is 1.67 bits per heavy atom. The van der Waals surface area contributed by atoms with Gasteiger partial charge in [-0.2, -0.15) is 0 Å². The Morgan fingerprint density at radius 2 is 2.33 bits per heavy atom. The summed E-state index contributed by atoms with van der Waals surface area (Å²) in [6.07, 6.45) is 2.01. The van der Waals surface area contributed by atoms with Crippen molar-refractivity contribution < 1.29 is 9.53 Å². The van der Waals surface area contributed by atoms with Gasteiger partial charge >= 0.3 is 5.97 Å². The second-order valence-corrected chi connectivity index (χ2v) is 6.67. The molecule has 0 aromatic carbocycles. The number of carbonyl (C=O) groups excluding carboxylic acids is 1. The number of esters is 1. The van der Waals surface area contributed by atoms with Gasteiger partial charge in [0.25, 0.3) is 0 Å². The fourth-order valence-electron chi connectivity index (χ4n) is 0.632. The molecule has 2 nitrogen and oxygen atoms in total. The highest BCUT2D eigenvalue weighted by Gasteiger charge is 2.00. The van der Waals surface area contributed by atoms with Gasteiger partial charge in [-0.15, -0.1) is 23.2 Å². The van der Waals surface area contributed by atoms with Crippen LogP contribution in [0.3, 0.4) is 0 Å².